The summed E-state index contributed by atoms with van der Waals surface area (Å²) in [5, 5.41) is 58.0. The highest BCUT2D eigenvalue weighted by molar-refractivity contribution is 7.18. The van der Waals surface area contributed by atoms with Gasteiger partial charge in [-0.15, -0.1) is 20.0 Å². The summed E-state index contributed by atoms with van der Waals surface area (Å²) in [4.78, 5) is 37.1. The lowest BCUT2D eigenvalue weighted by atomic mass is 10.1. The zero-order valence-electron chi connectivity index (χ0n) is 17.6. The molecule has 0 amide bonds. The van der Waals surface area contributed by atoms with Crippen molar-refractivity contribution in [1.82, 2.24) is 20.0 Å². The van der Waals surface area contributed by atoms with Crippen LogP contribution < -0.4 is 0 Å². The number of carboxylic acid groups (broad SMARTS) is 3. The predicted octanol–water partition coefficient (Wildman–Crippen LogP) is 4.16. The molecule has 0 atom stereocenters. The molecule has 0 spiro atoms. The zero-order chi connectivity index (χ0) is 26.0. The Bertz CT molecular complexity index is 1580. The highest BCUT2D eigenvalue weighted by Crippen LogP contribution is 2.40. The molecule has 14 nitrogen and oxygen atoms in total. The van der Waals surface area contributed by atoms with E-state index in [0.29, 0.717) is 10.6 Å². The minimum absolute atomic E-state index is 0.0230. The Hall–Kier alpha value is -5.49. The number of aromatic nitrogens is 4. The molecule has 0 radical (unpaired) electrons. The first kappa shape index (κ1) is 23.7. The molecule has 0 saturated carbocycles. The van der Waals surface area contributed by atoms with Gasteiger partial charge in [0.25, 0.3) is 5.13 Å². The molecule has 0 aliphatic carbocycles. The van der Waals surface area contributed by atoms with Gasteiger partial charge in [0, 0.05) is 5.56 Å². The highest BCUT2D eigenvalue weighted by atomic mass is 32.1. The normalized spacial score (nSPS) is 10.9. The molecule has 15 heteroatoms. The van der Waals surface area contributed by atoms with Crippen molar-refractivity contribution < 1.29 is 34.8 Å². The summed E-state index contributed by atoms with van der Waals surface area (Å²) in [6.45, 7) is 7.31. The van der Waals surface area contributed by atoms with Gasteiger partial charge in [-0.25, -0.2) is 14.4 Å². The summed E-state index contributed by atoms with van der Waals surface area (Å²) in [6.07, 6.45) is 0. The topological polar surface area (TPSA) is 205 Å². The molecule has 4 aromatic rings. The number of nitrogens with zero attached hydrogens (tertiary/aromatic N) is 7. The third kappa shape index (κ3) is 4.60. The van der Waals surface area contributed by atoms with E-state index in [1.54, 1.807) is 12.1 Å². The highest BCUT2D eigenvalue weighted by Gasteiger charge is 2.23. The second-order valence-corrected chi connectivity index (χ2v) is 7.83. The third-order valence-electron chi connectivity index (χ3n) is 4.59. The lowest BCUT2D eigenvalue weighted by Gasteiger charge is -2.04. The third-order valence-corrected chi connectivity index (χ3v) is 5.44. The Kier molecular flexibility index (Phi) is 6.18. The molecule has 2 aromatic carbocycles. The van der Waals surface area contributed by atoms with Gasteiger partial charge in [0.2, 0.25) is 5.88 Å². The Morgan fingerprint density at radius 3 is 2.19 bits per heavy atom. The van der Waals surface area contributed by atoms with Crippen LogP contribution in [-0.4, -0.2) is 58.3 Å². The number of hydrogen-bond acceptors (Lipinski definition) is 10. The van der Waals surface area contributed by atoms with Crippen LogP contribution in [0.3, 0.4) is 0 Å². The fourth-order valence-corrected chi connectivity index (χ4v) is 3.63. The van der Waals surface area contributed by atoms with Crippen LogP contribution in [0.25, 0.3) is 21.1 Å². The van der Waals surface area contributed by atoms with E-state index in [1.165, 1.54) is 12.1 Å². The SMILES string of the molecule is [C-]#[N+]c1nn(-c2cc(C(=O)O)cc(C(=O)O)c2)c(O)c1/N=N/c1nnc(-c2cccc(C(=O)O)c2)s1. The Morgan fingerprint density at radius 1 is 0.917 bits per heavy atom. The number of hydrogen-bond donors (Lipinski definition) is 4. The van der Waals surface area contributed by atoms with Gasteiger partial charge in [-0.05, 0) is 35.4 Å². The Labute approximate surface area is 203 Å². The zero-order valence-corrected chi connectivity index (χ0v) is 18.4. The first-order valence-corrected chi connectivity index (χ1v) is 10.4. The van der Waals surface area contributed by atoms with Crippen LogP contribution in [0.15, 0.2) is 52.7 Å². The number of aromatic hydroxyl groups is 1. The average molecular weight is 505 g/mol. The van der Waals surface area contributed by atoms with Crippen LogP contribution in [0.2, 0.25) is 0 Å². The van der Waals surface area contributed by atoms with E-state index in [-0.39, 0.29) is 33.2 Å². The molecule has 178 valence electrons. The number of rotatable bonds is 7. The second kappa shape index (κ2) is 9.40. The number of carbonyl (C=O) groups is 3. The molecule has 0 unspecified atom stereocenters. The van der Waals surface area contributed by atoms with Crippen molar-refractivity contribution in [2.24, 2.45) is 10.2 Å². The number of aromatic carboxylic acids is 3. The molecule has 0 fully saturated rings. The Balaban J connectivity index is 1.70. The summed E-state index contributed by atoms with van der Waals surface area (Å²) in [6, 6.07) is 9.09. The van der Waals surface area contributed by atoms with E-state index in [2.05, 4.69) is 30.4 Å². The fourth-order valence-electron chi connectivity index (χ4n) is 2.97. The molecule has 0 saturated heterocycles. The van der Waals surface area contributed by atoms with Gasteiger partial charge in [0.1, 0.15) is 5.01 Å². The van der Waals surface area contributed by atoms with E-state index in [1.807, 2.05) is 0 Å². The van der Waals surface area contributed by atoms with E-state index < -0.39 is 29.6 Å². The van der Waals surface area contributed by atoms with Gasteiger partial charge in [-0.2, -0.15) is 5.11 Å². The predicted molar refractivity (Wildman–Crippen MR) is 122 cm³/mol. The maximum absolute atomic E-state index is 11.4. The van der Waals surface area contributed by atoms with Crippen LogP contribution in [0.4, 0.5) is 16.6 Å². The minimum atomic E-state index is -1.41. The lowest BCUT2D eigenvalue weighted by molar-refractivity contribution is 0.0682. The van der Waals surface area contributed by atoms with Crippen molar-refractivity contribution in [3.63, 3.8) is 0 Å². The molecule has 4 N–H and O–H groups in total. The van der Waals surface area contributed by atoms with E-state index in [4.69, 9.17) is 11.7 Å². The van der Waals surface area contributed by atoms with Crippen LogP contribution in [0.1, 0.15) is 31.1 Å². The van der Waals surface area contributed by atoms with Crippen molar-refractivity contribution in [3.05, 3.63) is 70.6 Å². The van der Waals surface area contributed by atoms with Crippen LogP contribution in [-0.2, 0) is 0 Å². The number of azo groups is 1. The maximum Gasteiger partial charge on any atom is 0.335 e. The smallest absolute Gasteiger partial charge is 0.335 e. The molecular formula is C21H11N7O7S. The molecule has 0 bridgehead atoms. The minimum Gasteiger partial charge on any atom is -0.491 e. The molecule has 4 rings (SSSR count). The molecule has 0 aliphatic heterocycles. The molecule has 2 heterocycles. The number of carboxylic acids is 3. The summed E-state index contributed by atoms with van der Waals surface area (Å²) < 4.78 is 0.767. The van der Waals surface area contributed by atoms with Crippen LogP contribution in [0.5, 0.6) is 5.88 Å². The van der Waals surface area contributed by atoms with Gasteiger partial charge in [-0.3, -0.25) is 0 Å². The quantitative estimate of drug-likeness (QED) is 0.208. The Morgan fingerprint density at radius 2 is 1.58 bits per heavy atom. The first-order chi connectivity index (χ1) is 17.2. The monoisotopic (exact) mass is 505 g/mol. The van der Waals surface area contributed by atoms with Gasteiger partial charge in [-0.1, -0.05) is 30.0 Å². The molecular weight excluding hydrogens is 494 g/mol. The van der Waals surface area contributed by atoms with Gasteiger partial charge in [0.15, 0.2) is 5.69 Å². The van der Waals surface area contributed by atoms with Crippen molar-refractivity contribution in [1.29, 1.82) is 0 Å². The lowest BCUT2D eigenvalue weighted by Crippen LogP contribution is -2.06. The average Bonchev–Trinajstić information content (AvgIpc) is 3.46. The molecule has 2 aromatic heterocycles. The van der Waals surface area contributed by atoms with E-state index in [0.717, 1.165) is 34.2 Å². The van der Waals surface area contributed by atoms with Gasteiger partial charge < -0.3 is 25.3 Å². The fraction of sp³-hybridized carbons (Fsp3) is 0. The van der Waals surface area contributed by atoms with Crippen molar-refractivity contribution in [2.75, 3.05) is 0 Å². The van der Waals surface area contributed by atoms with Crippen LogP contribution in [0, 0.1) is 6.57 Å². The molecule has 36 heavy (non-hydrogen) atoms. The van der Waals surface area contributed by atoms with E-state index in [9.17, 15) is 29.7 Å². The summed E-state index contributed by atoms with van der Waals surface area (Å²) >= 11 is 0.966. The summed E-state index contributed by atoms with van der Waals surface area (Å²) in [5.41, 5.74) is -0.705. The van der Waals surface area contributed by atoms with Crippen molar-refractivity contribution in [3.8, 4) is 22.1 Å². The molecule has 0 aliphatic rings. The van der Waals surface area contributed by atoms with Gasteiger partial charge in [0.05, 0.1) is 22.4 Å². The first-order valence-electron chi connectivity index (χ1n) is 9.58. The van der Waals surface area contributed by atoms with Crippen molar-refractivity contribution in [2.45, 2.75) is 0 Å². The number of benzene rings is 2. The van der Waals surface area contributed by atoms with Gasteiger partial charge >= 0.3 is 23.7 Å². The van der Waals surface area contributed by atoms with E-state index >= 15 is 0 Å². The van der Waals surface area contributed by atoms with Crippen LogP contribution >= 0.6 is 11.3 Å². The largest absolute Gasteiger partial charge is 0.491 e. The standard InChI is InChI=1S/C21H11N7O7S/c1-22-15-14(17(29)28(27-15)13-7-11(19(32)33)6-12(8-13)20(34)35)23-25-21-26-24-16(36-21)9-3-2-4-10(5-9)18(30)31/h2-8,29H,(H,30,31)(H,32,33)(H,34,35)/b25-23+. The summed E-state index contributed by atoms with van der Waals surface area (Å²) in [5.74, 6) is -5.00. The van der Waals surface area contributed by atoms with Crippen molar-refractivity contribution >= 4 is 45.9 Å². The maximum atomic E-state index is 11.4. The second-order valence-electron chi connectivity index (χ2n) is 6.87. The summed E-state index contributed by atoms with van der Waals surface area (Å²) in [7, 11) is 0.